The van der Waals surface area contributed by atoms with E-state index in [1.807, 2.05) is 6.07 Å². The maximum atomic E-state index is 12.3. The van der Waals surface area contributed by atoms with Crippen LogP contribution in [-0.2, 0) is 13.0 Å². The lowest BCUT2D eigenvalue weighted by molar-refractivity contribution is 0.0734. The summed E-state index contributed by atoms with van der Waals surface area (Å²) in [5.74, 6) is 0.638. The third-order valence-electron chi connectivity index (χ3n) is 4.78. The largest absolute Gasteiger partial charge is 0.489 e. The smallest absolute Gasteiger partial charge is 0.343 e. The van der Waals surface area contributed by atoms with Gasteiger partial charge in [0, 0.05) is 0 Å². The molecule has 0 amide bonds. The van der Waals surface area contributed by atoms with E-state index in [1.54, 1.807) is 48.5 Å². The molecule has 3 rings (SSSR count). The van der Waals surface area contributed by atoms with E-state index in [-0.39, 0.29) is 0 Å². The summed E-state index contributed by atoms with van der Waals surface area (Å²) in [6.45, 7) is 2.69. The van der Waals surface area contributed by atoms with Crippen molar-refractivity contribution in [1.29, 1.82) is 5.26 Å². The van der Waals surface area contributed by atoms with E-state index in [9.17, 15) is 4.79 Å². The number of ether oxygens (including phenoxy) is 2. The van der Waals surface area contributed by atoms with Crippen LogP contribution in [0.5, 0.6) is 11.5 Å². The molecule has 0 aliphatic heterocycles. The van der Waals surface area contributed by atoms with Crippen molar-refractivity contribution in [2.75, 3.05) is 0 Å². The highest BCUT2D eigenvalue weighted by Gasteiger charge is 2.09. The molecule has 4 nitrogen and oxygen atoms in total. The molecule has 0 saturated carbocycles. The van der Waals surface area contributed by atoms with E-state index >= 15 is 0 Å². The fraction of sp³-hybridized carbons (Fsp3) is 0.231. The highest BCUT2D eigenvalue weighted by molar-refractivity contribution is 5.91. The summed E-state index contributed by atoms with van der Waals surface area (Å²) in [7, 11) is 0. The Kier molecular flexibility index (Phi) is 7.63. The third kappa shape index (κ3) is 6.22. The van der Waals surface area contributed by atoms with Crippen molar-refractivity contribution < 1.29 is 14.3 Å². The molecule has 4 heteroatoms. The zero-order valence-corrected chi connectivity index (χ0v) is 17.1. The first-order chi connectivity index (χ1) is 14.7. The lowest BCUT2D eigenvalue weighted by atomic mass is 10.1. The van der Waals surface area contributed by atoms with Crippen LogP contribution in [0.4, 0.5) is 0 Å². The van der Waals surface area contributed by atoms with Gasteiger partial charge in [0.2, 0.25) is 0 Å². The Morgan fingerprint density at radius 1 is 0.833 bits per heavy atom. The van der Waals surface area contributed by atoms with Crippen molar-refractivity contribution in [2.24, 2.45) is 0 Å². The summed E-state index contributed by atoms with van der Waals surface area (Å²) >= 11 is 0. The van der Waals surface area contributed by atoms with Crippen LogP contribution in [-0.4, -0.2) is 5.97 Å². The minimum atomic E-state index is -0.454. The van der Waals surface area contributed by atoms with Crippen molar-refractivity contribution in [3.63, 3.8) is 0 Å². The molecule has 0 bridgehead atoms. The van der Waals surface area contributed by atoms with Crippen LogP contribution in [0.2, 0.25) is 0 Å². The summed E-state index contributed by atoms with van der Waals surface area (Å²) in [6.07, 6.45) is 4.85. The van der Waals surface area contributed by atoms with Gasteiger partial charge in [-0.2, -0.15) is 5.26 Å². The molecule has 3 aromatic rings. The van der Waals surface area contributed by atoms with Crippen LogP contribution >= 0.6 is 0 Å². The van der Waals surface area contributed by atoms with Gasteiger partial charge >= 0.3 is 5.97 Å². The van der Waals surface area contributed by atoms with E-state index < -0.39 is 5.97 Å². The fourth-order valence-electron chi connectivity index (χ4n) is 3.00. The van der Waals surface area contributed by atoms with Gasteiger partial charge in [0.25, 0.3) is 0 Å². The zero-order valence-electron chi connectivity index (χ0n) is 17.1. The first kappa shape index (κ1) is 21.1. The highest BCUT2D eigenvalue weighted by Crippen LogP contribution is 2.18. The summed E-state index contributed by atoms with van der Waals surface area (Å²) < 4.78 is 11.2. The Labute approximate surface area is 177 Å². The Bertz CT molecular complexity index is 984. The molecule has 0 aliphatic rings. The van der Waals surface area contributed by atoms with Gasteiger partial charge in [-0.25, -0.2) is 4.79 Å². The number of aryl methyl sites for hydroxylation is 1. The molecule has 30 heavy (non-hydrogen) atoms. The van der Waals surface area contributed by atoms with E-state index in [0.717, 1.165) is 12.0 Å². The molecule has 0 atom stereocenters. The fourth-order valence-corrected chi connectivity index (χ4v) is 3.00. The van der Waals surface area contributed by atoms with Crippen molar-refractivity contribution in [2.45, 2.75) is 39.2 Å². The Hall–Kier alpha value is -3.58. The molecule has 0 unspecified atom stereocenters. The van der Waals surface area contributed by atoms with Gasteiger partial charge in [0.15, 0.2) is 0 Å². The van der Waals surface area contributed by atoms with Gasteiger partial charge in [0.1, 0.15) is 18.1 Å². The van der Waals surface area contributed by atoms with E-state index in [0.29, 0.717) is 29.2 Å². The van der Waals surface area contributed by atoms with Crippen molar-refractivity contribution in [3.05, 3.63) is 95.1 Å². The van der Waals surface area contributed by atoms with Crippen LogP contribution in [0.15, 0.2) is 72.8 Å². The number of nitrogens with zero attached hydrogens (tertiary/aromatic N) is 1. The van der Waals surface area contributed by atoms with Crippen molar-refractivity contribution in [1.82, 2.24) is 0 Å². The normalized spacial score (nSPS) is 10.3. The minimum Gasteiger partial charge on any atom is -0.489 e. The predicted molar refractivity (Wildman–Crippen MR) is 117 cm³/mol. The molecule has 0 heterocycles. The SMILES string of the molecule is CCCCCc1ccc(COc2ccc(C(=O)Oc3ccc(C#N)cc3)cc2)cc1. The predicted octanol–water partition coefficient (Wildman–Crippen LogP) is 6.09. The van der Waals surface area contributed by atoms with Gasteiger partial charge in [-0.1, -0.05) is 44.0 Å². The number of carbonyl (C=O) groups excluding carboxylic acids is 1. The van der Waals surface area contributed by atoms with Crippen molar-refractivity contribution >= 4 is 5.97 Å². The maximum Gasteiger partial charge on any atom is 0.343 e. The second-order valence-corrected chi connectivity index (χ2v) is 7.11. The van der Waals surface area contributed by atoms with Gasteiger partial charge in [-0.3, -0.25) is 0 Å². The van der Waals surface area contributed by atoms with Crippen LogP contribution < -0.4 is 9.47 Å². The van der Waals surface area contributed by atoms with Gasteiger partial charge < -0.3 is 9.47 Å². The molecule has 0 fully saturated rings. The molecule has 0 spiro atoms. The number of benzene rings is 3. The Morgan fingerprint density at radius 2 is 1.47 bits per heavy atom. The minimum absolute atomic E-state index is 0.400. The van der Waals surface area contributed by atoms with Crippen LogP contribution in [0.25, 0.3) is 0 Å². The molecule has 3 aromatic carbocycles. The number of hydrogen-bond acceptors (Lipinski definition) is 4. The molecule has 152 valence electrons. The van der Waals surface area contributed by atoms with Crippen molar-refractivity contribution in [3.8, 4) is 17.6 Å². The number of rotatable bonds is 9. The molecule has 0 radical (unpaired) electrons. The molecular formula is C26H25NO3. The molecular weight excluding hydrogens is 374 g/mol. The summed E-state index contributed by atoms with van der Waals surface area (Å²) in [5, 5.41) is 8.81. The highest BCUT2D eigenvalue weighted by atomic mass is 16.5. The van der Waals surface area contributed by atoms with Gasteiger partial charge in [-0.05, 0) is 72.5 Å². The maximum absolute atomic E-state index is 12.3. The van der Waals surface area contributed by atoms with Crippen LogP contribution in [0.3, 0.4) is 0 Å². The summed E-state index contributed by atoms with van der Waals surface area (Å²) in [5.41, 5.74) is 3.42. The van der Waals surface area contributed by atoms with E-state index in [4.69, 9.17) is 14.7 Å². The molecule has 0 aromatic heterocycles. The number of carbonyl (C=O) groups is 1. The second kappa shape index (κ2) is 10.8. The lowest BCUT2D eigenvalue weighted by Gasteiger charge is -2.09. The molecule has 0 saturated heterocycles. The summed E-state index contributed by atoms with van der Waals surface area (Å²) in [4.78, 5) is 12.3. The van der Waals surface area contributed by atoms with Gasteiger partial charge in [-0.15, -0.1) is 0 Å². The van der Waals surface area contributed by atoms with Crippen LogP contribution in [0.1, 0.15) is 53.2 Å². The first-order valence-electron chi connectivity index (χ1n) is 10.2. The standard InChI is InChI=1S/C26H25NO3/c1-2-3-4-5-20-6-8-22(9-7-20)19-29-24-16-12-23(13-17-24)26(28)30-25-14-10-21(18-27)11-15-25/h6-17H,2-5,19H2,1H3. The topological polar surface area (TPSA) is 59.3 Å². The third-order valence-corrected chi connectivity index (χ3v) is 4.78. The van der Waals surface area contributed by atoms with Crippen LogP contribution in [0, 0.1) is 11.3 Å². The first-order valence-corrected chi connectivity index (χ1v) is 10.2. The number of hydrogen-bond donors (Lipinski definition) is 0. The lowest BCUT2D eigenvalue weighted by Crippen LogP contribution is -2.08. The van der Waals surface area contributed by atoms with Gasteiger partial charge in [0.05, 0.1) is 17.2 Å². The molecule has 0 aliphatic carbocycles. The zero-order chi connectivity index (χ0) is 21.2. The summed E-state index contributed by atoms with van der Waals surface area (Å²) in [6, 6.07) is 23.8. The quantitative estimate of drug-likeness (QED) is 0.248. The average molecular weight is 399 g/mol. The Morgan fingerprint density at radius 3 is 2.10 bits per heavy atom. The Balaban J connectivity index is 1.50. The molecule has 0 N–H and O–H groups in total. The number of nitriles is 1. The number of esters is 1. The average Bonchev–Trinajstić information content (AvgIpc) is 2.79. The number of unbranched alkanes of at least 4 members (excludes halogenated alkanes) is 2. The second-order valence-electron chi connectivity index (χ2n) is 7.11. The van der Waals surface area contributed by atoms with E-state index in [2.05, 4.69) is 31.2 Å². The van der Waals surface area contributed by atoms with E-state index in [1.165, 1.54) is 24.8 Å². The monoisotopic (exact) mass is 399 g/mol.